The molecule has 1 aliphatic rings. The number of aromatic nitrogens is 4. The van der Waals surface area contributed by atoms with Crippen molar-refractivity contribution in [2.75, 3.05) is 32.6 Å². The number of ether oxygens (including phenoxy) is 2. The van der Waals surface area contributed by atoms with Gasteiger partial charge in [0.25, 0.3) is 0 Å². The van der Waals surface area contributed by atoms with Crippen LogP contribution < -0.4 is 5.32 Å². The Balaban J connectivity index is 1.58. The van der Waals surface area contributed by atoms with E-state index < -0.39 is 5.97 Å². The Morgan fingerprint density at radius 2 is 2.06 bits per heavy atom. The summed E-state index contributed by atoms with van der Waals surface area (Å²) < 4.78 is 12.2. The lowest BCUT2D eigenvalue weighted by Gasteiger charge is -2.22. The molecular formula is C20H20Cl2N6O4. The summed E-state index contributed by atoms with van der Waals surface area (Å²) in [5, 5.41) is 11.6. The number of halogens is 2. The Kier molecular flexibility index (Phi) is 6.56. The first-order valence-corrected chi connectivity index (χ1v) is 10.5. The van der Waals surface area contributed by atoms with E-state index in [2.05, 4.69) is 20.5 Å². The number of likely N-dealkylation sites (tertiary alicyclic amines) is 1. The minimum absolute atomic E-state index is 0.0179. The van der Waals surface area contributed by atoms with Crippen LogP contribution in [0.5, 0.6) is 0 Å². The molecule has 1 fully saturated rings. The molecule has 0 radical (unpaired) electrons. The van der Waals surface area contributed by atoms with Gasteiger partial charge in [0, 0.05) is 31.1 Å². The number of carbonyl (C=O) groups excluding carboxylic acids is 2. The van der Waals surface area contributed by atoms with Crippen LogP contribution in [0.3, 0.4) is 0 Å². The van der Waals surface area contributed by atoms with Crippen LogP contribution >= 0.6 is 23.2 Å². The van der Waals surface area contributed by atoms with Gasteiger partial charge in [0.1, 0.15) is 0 Å². The maximum absolute atomic E-state index is 13.0. The van der Waals surface area contributed by atoms with E-state index in [-0.39, 0.29) is 45.9 Å². The van der Waals surface area contributed by atoms with Crippen LogP contribution in [-0.4, -0.2) is 69.8 Å². The topological polar surface area (TPSA) is 111 Å². The number of rotatable bonds is 6. The Labute approximate surface area is 193 Å². The number of anilines is 1. The summed E-state index contributed by atoms with van der Waals surface area (Å²) in [4.78, 5) is 31.1. The van der Waals surface area contributed by atoms with Crippen LogP contribution in [0, 0.1) is 0 Å². The predicted molar refractivity (Wildman–Crippen MR) is 117 cm³/mol. The van der Waals surface area contributed by atoms with E-state index in [1.54, 1.807) is 25.7 Å². The monoisotopic (exact) mass is 478 g/mol. The minimum Gasteiger partial charge on any atom is -0.465 e. The second-order valence-corrected chi connectivity index (χ2v) is 8.09. The van der Waals surface area contributed by atoms with E-state index >= 15 is 0 Å². The van der Waals surface area contributed by atoms with Crippen LogP contribution in [0.2, 0.25) is 10.0 Å². The Morgan fingerprint density at radius 3 is 2.81 bits per heavy atom. The van der Waals surface area contributed by atoms with E-state index in [1.807, 2.05) is 9.30 Å². The molecule has 1 aromatic carbocycles. The molecule has 32 heavy (non-hydrogen) atoms. The first kappa shape index (κ1) is 22.4. The Bertz CT molecular complexity index is 1170. The summed E-state index contributed by atoms with van der Waals surface area (Å²) >= 11 is 12.3. The molecule has 1 aliphatic heterocycles. The van der Waals surface area contributed by atoms with Crippen molar-refractivity contribution in [3.63, 3.8) is 0 Å². The Hall–Kier alpha value is -2.79. The molecule has 4 rings (SSSR count). The van der Waals surface area contributed by atoms with Gasteiger partial charge in [-0.05, 0) is 18.6 Å². The van der Waals surface area contributed by atoms with Gasteiger partial charge in [0.15, 0.2) is 11.5 Å². The van der Waals surface area contributed by atoms with Gasteiger partial charge in [-0.25, -0.2) is 4.79 Å². The van der Waals surface area contributed by atoms with Crippen LogP contribution in [0.4, 0.5) is 5.69 Å². The SMILES string of the molecule is COC(=O)c1cc(Cl)cc(Cl)c1NC(=O)CN1C[C@H](OC)C[C@H]1c1nnc2cnccn12. The van der Waals surface area contributed by atoms with Gasteiger partial charge in [-0.3, -0.25) is 19.1 Å². The third-order valence-corrected chi connectivity index (χ3v) is 5.82. The van der Waals surface area contributed by atoms with Gasteiger partial charge in [-0.15, -0.1) is 10.2 Å². The lowest BCUT2D eigenvalue weighted by molar-refractivity contribution is -0.117. The Morgan fingerprint density at radius 1 is 1.25 bits per heavy atom. The van der Waals surface area contributed by atoms with Gasteiger partial charge < -0.3 is 14.8 Å². The molecule has 2 atom stereocenters. The zero-order valence-electron chi connectivity index (χ0n) is 17.3. The van der Waals surface area contributed by atoms with Gasteiger partial charge >= 0.3 is 5.97 Å². The van der Waals surface area contributed by atoms with Crippen molar-refractivity contribution in [1.29, 1.82) is 0 Å². The summed E-state index contributed by atoms with van der Waals surface area (Å²) in [5.41, 5.74) is 0.830. The quantitative estimate of drug-likeness (QED) is 0.538. The van der Waals surface area contributed by atoms with Crippen LogP contribution in [0.25, 0.3) is 5.65 Å². The zero-order valence-corrected chi connectivity index (χ0v) is 18.8. The molecule has 0 bridgehead atoms. The lowest BCUT2D eigenvalue weighted by atomic mass is 10.1. The number of nitrogens with zero attached hydrogens (tertiary/aromatic N) is 5. The van der Waals surface area contributed by atoms with Crippen molar-refractivity contribution in [2.45, 2.75) is 18.6 Å². The van der Waals surface area contributed by atoms with Crippen molar-refractivity contribution in [2.24, 2.45) is 0 Å². The third kappa shape index (κ3) is 4.40. The van der Waals surface area contributed by atoms with Gasteiger partial charge in [-0.2, -0.15) is 0 Å². The highest BCUT2D eigenvalue weighted by Gasteiger charge is 2.37. The second kappa shape index (κ2) is 9.37. The third-order valence-electron chi connectivity index (χ3n) is 5.31. The van der Waals surface area contributed by atoms with E-state index in [0.717, 1.165) is 0 Å². The summed E-state index contributed by atoms with van der Waals surface area (Å²) in [6.45, 7) is 0.539. The predicted octanol–water partition coefficient (Wildman–Crippen LogP) is 2.62. The molecule has 3 aromatic rings. The van der Waals surface area contributed by atoms with Crippen molar-refractivity contribution in [1.82, 2.24) is 24.5 Å². The molecule has 0 spiro atoms. The summed E-state index contributed by atoms with van der Waals surface area (Å²) in [6.07, 6.45) is 5.61. The molecule has 1 saturated heterocycles. The van der Waals surface area contributed by atoms with E-state index in [0.29, 0.717) is 24.4 Å². The highest BCUT2D eigenvalue weighted by atomic mass is 35.5. The largest absolute Gasteiger partial charge is 0.465 e. The molecule has 0 aliphatic carbocycles. The molecule has 0 saturated carbocycles. The lowest BCUT2D eigenvalue weighted by Crippen LogP contribution is -2.35. The summed E-state index contributed by atoms with van der Waals surface area (Å²) in [7, 11) is 2.87. The normalized spacial score (nSPS) is 18.8. The molecule has 168 valence electrons. The van der Waals surface area contributed by atoms with Crippen molar-refractivity contribution in [3.8, 4) is 0 Å². The van der Waals surface area contributed by atoms with Crippen molar-refractivity contribution < 1.29 is 19.1 Å². The van der Waals surface area contributed by atoms with E-state index in [9.17, 15) is 9.59 Å². The summed E-state index contributed by atoms with van der Waals surface area (Å²) in [6, 6.07) is 2.63. The maximum Gasteiger partial charge on any atom is 0.340 e. The number of hydrogen-bond donors (Lipinski definition) is 1. The smallest absolute Gasteiger partial charge is 0.340 e. The average molecular weight is 479 g/mol. The summed E-state index contributed by atoms with van der Waals surface area (Å²) in [5.74, 6) is -0.335. The fraction of sp³-hybridized carbons (Fsp3) is 0.350. The fourth-order valence-electron chi connectivity index (χ4n) is 3.81. The number of amides is 1. The minimum atomic E-state index is -0.660. The number of methoxy groups -OCH3 is 2. The van der Waals surface area contributed by atoms with Crippen molar-refractivity contribution >= 4 is 46.4 Å². The number of hydrogen-bond acceptors (Lipinski definition) is 8. The number of carbonyl (C=O) groups is 2. The second-order valence-electron chi connectivity index (χ2n) is 7.25. The number of nitrogens with one attached hydrogen (secondary N) is 1. The molecule has 3 heterocycles. The van der Waals surface area contributed by atoms with Gasteiger partial charge in [0.05, 0.1) is 48.3 Å². The van der Waals surface area contributed by atoms with Crippen LogP contribution in [-0.2, 0) is 14.3 Å². The molecule has 10 nitrogen and oxygen atoms in total. The standard InChI is InChI=1S/C20H20Cl2N6O4/c1-31-12-7-15(19-26-25-16-8-23-3-4-28(16)19)27(9-12)10-17(29)24-18-13(20(30)32-2)5-11(21)6-14(18)22/h3-6,8,12,15H,7,9-10H2,1-2H3,(H,24,29)/t12-,15+/m1/s1. The number of benzene rings is 1. The first-order chi connectivity index (χ1) is 15.4. The molecule has 2 aromatic heterocycles. The number of fused-ring (bicyclic) bond motifs is 1. The van der Waals surface area contributed by atoms with Gasteiger partial charge in [-0.1, -0.05) is 23.2 Å². The van der Waals surface area contributed by atoms with Crippen molar-refractivity contribution in [3.05, 3.63) is 52.2 Å². The maximum atomic E-state index is 13.0. The average Bonchev–Trinajstić information content (AvgIpc) is 3.38. The van der Waals surface area contributed by atoms with Gasteiger partial charge in [0.2, 0.25) is 5.91 Å². The molecular weight excluding hydrogens is 459 g/mol. The van der Waals surface area contributed by atoms with E-state index in [1.165, 1.54) is 19.2 Å². The highest BCUT2D eigenvalue weighted by Crippen LogP contribution is 2.34. The molecule has 12 heteroatoms. The molecule has 1 N–H and O–H groups in total. The molecule has 0 unspecified atom stereocenters. The van der Waals surface area contributed by atoms with E-state index in [4.69, 9.17) is 32.7 Å². The van der Waals surface area contributed by atoms with Crippen LogP contribution in [0.15, 0.2) is 30.7 Å². The fourth-order valence-corrected chi connectivity index (χ4v) is 4.35. The molecule has 1 amide bonds. The first-order valence-electron chi connectivity index (χ1n) is 9.70. The van der Waals surface area contributed by atoms with Crippen LogP contribution in [0.1, 0.15) is 28.6 Å². The zero-order chi connectivity index (χ0) is 22.8. The number of esters is 1. The highest BCUT2D eigenvalue weighted by molar-refractivity contribution is 6.37.